The lowest BCUT2D eigenvalue weighted by molar-refractivity contribution is -0.115. The monoisotopic (exact) mass is 472 g/mol. The molecule has 0 bridgehead atoms. The number of amides is 2. The molecule has 168 valence electrons. The second kappa shape index (κ2) is 9.18. The topological polar surface area (TPSA) is 109 Å². The molecule has 2 amide bonds. The Morgan fingerprint density at radius 3 is 2.22 bits per heavy atom. The van der Waals surface area contributed by atoms with Crippen molar-refractivity contribution in [3.63, 3.8) is 0 Å². The van der Waals surface area contributed by atoms with Crippen molar-refractivity contribution >= 4 is 39.8 Å². The zero-order valence-corrected chi connectivity index (χ0v) is 16.7. The number of nitrogens with zero attached hydrogens (tertiary/aromatic N) is 2. The van der Waals surface area contributed by atoms with Crippen LogP contribution in [0.1, 0.15) is 11.3 Å². The van der Waals surface area contributed by atoms with Crippen LogP contribution < -0.4 is 16.0 Å². The Hall–Kier alpha value is -3.74. The van der Waals surface area contributed by atoms with E-state index in [9.17, 15) is 36.6 Å². The van der Waals surface area contributed by atoms with Crippen LogP contribution in [-0.4, -0.2) is 22.1 Å². The van der Waals surface area contributed by atoms with Gasteiger partial charge >= 0.3 is 6.09 Å². The number of anilines is 3. The van der Waals surface area contributed by atoms with Crippen molar-refractivity contribution in [3.8, 4) is 0 Å². The molecule has 0 aliphatic rings. The molecule has 2 aromatic carbocycles. The Balaban J connectivity index is 1.81. The lowest BCUT2D eigenvalue weighted by atomic mass is 10.1. The molecule has 0 spiro atoms. The summed E-state index contributed by atoms with van der Waals surface area (Å²) in [5, 5.41) is 12.9. The number of nitrogens with one attached hydrogen (secondary N) is 1. The van der Waals surface area contributed by atoms with Crippen LogP contribution in [0.5, 0.6) is 0 Å². The first kappa shape index (κ1) is 22.9. The Kier molecular flexibility index (Phi) is 6.58. The number of aromatic nitrogens is 1. The summed E-state index contributed by atoms with van der Waals surface area (Å²) >= 11 is 0.703. The van der Waals surface area contributed by atoms with E-state index in [1.54, 1.807) is 24.3 Å². The molecule has 0 fully saturated rings. The first-order chi connectivity index (χ1) is 15.1. The van der Waals surface area contributed by atoms with Crippen LogP contribution in [0.25, 0.3) is 0 Å². The van der Waals surface area contributed by atoms with Crippen molar-refractivity contribution in [1.29, 1.82) is 0 Å². The summed E-state index contributed by atoms with van der Waals surface area (Å²) < 4.78 is 67.9. The number of nitrogen functional groups attached to an aromatic ring is 1. The Bertz CT molecular complexity index is 1170. The molecule has 13 heteroatoms. The number of benzene rings is 2. The number of rotatable bonds is 6. The number of carboxylic acid groups (broad SMARTS) is 1. The molecule has 0 saturated carbocycles. The van der Waals surface area contributed by atoms with Crippen molar-refractivity contribution in [2.45, 2.75) is 13.0 Å². The lowest BCUT2D eigenvalue weighted by Crippen LogP contribution is -2.30. The third kappa shape index (κ3) is 4.61. The van der Waals surface area contributed by atoms with Gasteiger partial charge in [0.15, 0.2) is 28.4 Å². The fraction of sp³-hybridized carbons (Fsp3) is 0.105. The molecule has 3 aromatic rings. The molecule has 4 N–H and O–H groups in total. The predicted molar refractivity (Wildman–Crippen MR) is 106 cm³/mol. The molecule has 0 atom stereocenters. The van der Waals surface area contributed by atoms with Gasteiger partial charge in [-0.1, -0.05) is 12.1 Å². The molecular weight excluding hydrogens is 459 g/mol. The molecule has 0 aliphatic carbocycles. The van der Waals surface area contributed by atoms with Crippen molar-refractivity contribution in [2.24, 2.45) is 0 Å². The number of halogens is 5. The molecule has 1 heterocycles. The van der Waals surface area contributed by atoms with Gasteiger partial charge in [0.1, 0.15) is 0 Å². The van der Waals surface area contributed by atoms with Gasteiger partial charge in [0.25, 0.3) is 0 Å². The van der Waals surface area contributed by atoms with Crippen LogP contribution in [0, 0.1) is 29.1 Å². The van der Waals surface area contributed by atoms with Crippen molar-refractivity contribution in [2.75, 3.05) is 16.0 Å². The molecule has 32 heavy (non-hydrogen) atoms. The minimum atomic E-state index is -2.35. The van der Waals surface area contributed by atoms with Crippen LogP contribution in [0.4, 0.5) is 43.3 Å². The predicted octanol–water partition coefficient (Wildman–Crippen LogP) is 4.29. The summed E-state index contributed by atoms with van der Waals surface area (Å²) in [6.45, 7) is -1.19. The van der Waals surface area contributed by atoms with E-state index in [0.717, 1.165) is 0 Å². The number of carbonyl (C=O) groups is 2. The molecule has 0 aliphatic heterocycles. The minimum absolute atomic E-state index is 0.112. The van der Waals surface area contributed by atoms with Gasteiger partial charge in [-0.3, -0.25) is 4.79 Å². The Morgan fingerprint density at radius 2 is 1.62 bits per heavy atom. The highest BCUT2D eigenvalue weighted by atomic mass is 32.1. The molecule has 0 unspecified atom stereocenters. The van der Waals surface area contributed by atoms with Crippen molar-refractivity contribution < 1.29 is 36.6 Å². The summed E-state index contributed by atoms with van der Waals surface area (Å²) in [5.41, 5.74) is 5.18. The van der Waals surface area contributed by atoms with Gasteiger partial charge in [-0.05, 0) is 12.1 Å². The minimum Gasteiger partial charge on any atom is -0.465 e. The van der Waals surface area contributed by atoms with Gasteiger partial charge in [0.2, 0.25) is 11.7 Å². The number of hydrogen-bond acceptors (Lipinski definition) is 5. The first-order valence-corrected chi connectivity index (χ1v) is 9.57. The second-order valence-corrected chi connectivity index (χ2v) is 7.19. The quantitative estimate of drug-likeness (QED) is 0.215. The summed E-state index contributed by atoms with van der Waals surface area (Å²) in [4.78, 5) is 28.0. The molecule has 7 nitrogen and oxygen atoms in total. The number of hydrogen-bond donors (Lipinski definition) is 3. The largest absolute Gasteiger partial charge is 0.465 e. The van der Waals surface area contributed by atoms with E-state index in [1.807, 2.05) is 0 Å². The van der Waals surface area contributed by atoms with E-state index in [-0.39, 0.29) is 17.2 Å². The maximum Gasteiger partial charge on any atom is 0.413 e. The highest BCUT2D eigenvalue weighted by Crippen LogP contribution is 2.28. The van der Waals surface area contributed by atoms with Crippen LogP contribution in [0.3, 0.4) is 0 Å². The smallest absolute Gasteiger partial charge is 0.413 e. The zero-order chi connectivity index (χ0) is 23.6. The van der Waals surface area contributed by atoms with Crippen LogP contribution in [0.15, 0.2) is 29.6 Å². The van der Waals surface area contributed by atoms with E-state index in [1.165, 1.54) is 5.38 Å². The van der Waals surface area contributed by atoms with Crippen molar-refractivity contribution in [1.82, 2.24) is 4.98 Å². The second-order valence-electron chi connectivity index (χ2n) is 6.35. The van der Waals surface area contributed by atoms with Gasteiger partial charge in [0.05, 0.1) is 30.0 Å². The van der Waals surface area contributed by atoms with E-state index in [4.69, 9.17) is 5.73 Å². The fourth-order valence-corrected chi connectivity index (χ4v) is 3.45. The van der Waals surface area contributed by atoms with Gasteiger partial charge in [0, 0.05) is 10.9 Å². The average Bonchev–Trinajstić information content (AvgIpc) is 3.20. The van der Waals surface area contributed by atoms with Gasteiger partial charge < -0.3 is 16.2 Å². The van der Waals surface area contributed by atoms with E-state index < -0.39 is 53.2 Å². The lowest BCUT2D eigenvalue weighted by Gasteiger charge is -2.17. The van der Waals surface area contributed by atoms with E-state index >= 15 is 0 Å². The number of thiazole rings is 1. The standard InChI is InChI=1S/C19H13F5N4O3S/c20-13-9(14(21)16(23)17(24)15(13)22)6-28(19(30)31)18-26-8(7-32-18)5-12(29)27-11-4-2-1-3-10(11)25/h1-4,7H,5-6,25H2,(H,27,29)(H,30,31). The van der Waals surface area contributed by atoms with Crippen LogP contribution >= 0.6 is 11.3 Å². The van der Waals surface area contributed by atoms with Gasteiger partial charge in [-0.2, -0.15) is 0 Å². The molecule has 1 aromatic heterocycles. The fourth-order valence-electron chi connectivity index (χ4n) is 2.64. The molecule has 0 saturated heterocycles. The van der Waals surface area contributed by atoms with Crippen molar-refractivity contribution in [3.05, 3.63) is 70.0 Å². The van der Waals surface area contributed by atoms with E-state index in [2.05, 4.69) is 10.3 Å². The zero-order valence-electron chi connectivity index (χ0n) is 15.8. The SMILES string of the molecule is Nc1ccccc1NC(=O)Cc1csc(N(Cc2c(F)c(F)c(F)c(F)c2F)C(=O)O)n1. The maximum atomic E-state index is 13.9. The number of nitrogens with two attached hydrogens (primary N) is 1. The summed E-state index contributed by atoms with van der Waals surface area (Å²) in [6.07, 6.45) is -2.04. The average molecular weight is 472 g/mol. The molecule has 0 radical (unpaired) electrons. The summed E-state index contributed by atoms with van der Waals surface area (Å²) in [5.74, 6) is -11.6. The number of para-hydroxylation sites is 2. The molecule has 3 rings (SSSR count). The molecular formula is C19H13F5N4O3S. The van der Waals surface area contributed by atoms with Crippen LogP contribution in [0.2, 0.25) is 0 Å². The van der Waals surface area contributed by atoms with E-state index in [0.29, 0.717) is 27.6 Å². The Labute approximate surface area is 180 Å². The normalized spacial score (nSPS) is 10.8. The Morgan fingerprint density at radius 1 is 1.03 bits per heavy atom. The highest BCUT2D eigenvalue weighted by molar-refractivity contribution is 7.14. The van der Waals surface area contributed by atoms with Gasteiger partial charge in [-0.15, -0.1) is 11.3 Å². The summed E-state index contributed by atoms with van der Waals surface area (Å²) in [6, 6.07) is 6.45. The maximum absolute atomic E-state index is 13.9. The van der Waals surface area contributed by atoms with Gasteiger partial charge in [-0.25, -0.2) is 36.6 Å². The third-order valence-electron chi connectivity index (χ3n) is 4.19. The number of carbonyl (C=O) groups excluding carboxylic acids is 1. The third-order valence-corrected chi connectivity index (χ3v) is 5.11. The van der Waals surface area contributed by atoms with Crippen LogP contribution in [-0.2, 0) is 17.8 Å². The first-order valence-electron chi connectivity index (χ1n) is 8.69. The highest BCUT2D eigenvalue weighted by Gasteiger charge is 2.29. The summed E-state index contributed by atoms with van der Waals surface area (Å²) in [7, 11) is 0.